The third-order valence-corrected chi connectivity index (χ3v) is 6.49. The Hall–Kier alpha value is -2.31. The first-order valence-electron chi connectivity index (χ1n) is 9.89. The van der Waals surface area contributed by atoms with E-state index >= 15 is 0 Å². The summed E-state index contributed by atoms with van der Waals surface area (Å²) in [5.41, 5.74) is 2.75. The molecule has 1 aliphatic rings. The predicted molar refractivity (Wildman–Crippen MR) is 121 cm³/mol. The molecule has 1 atom stereocenters. The van der Waals surface area contributed by atoms with Gasteiger partial charge in [-0.2, -0.15) is 0 Å². The Morgan fingerprint density at radius 1 is 1.34 bits per heavy atom. The summed E-state index contributed by atoms with van der Waals surface area (Å²) in [6.07, 6.45) is 1.84. The molecule has 0 unspecified atom stereocenters. The largest absolute Gasteiger partial charge is 0.494 e. The normalized spacial score (nSPS) is 16.8. The number of nitrogens with one attached hydrogen (secondary N) is 1. The monoisotopic (exact) mass is 429 g/mol. The number of hydrogen-bond acceptors (Lipinski definition) is 5. The van der Waals surface area contributed by atoms with Gasteiger partial charge in [-0.05, 0) is 62.6 Å². The number of halogens is 1. The average molecular weight is 430 g/mol. The second kappa shape index (κ2) is 8.59. The summed E-state index contributed by atoms with van der Waals surface area (Å²) in [4.78, 5) is 19.9. The van der Waals surface area contributed by atoms with Crippen LogP contribution < -0.4 is 15.0 Å². The van der Waals surface area contributed by atoms with Gasteiger partial charge in [-0.3, -0.25) is 4.79 Å². The molecule has 2 heterocycles. The summed E-state index contributed by atoms with van der Waals surface area (Å²) >= 11 is 7.74. The standard InChI is InChI=1S/C22H24ClN3O2S/c1-3-28-17-8-9-18-20(12-17)29-22(25-18)26-10-4-5-15(13-26)21(27)24-19-11-16(23)7-6-14(19)2/h6-9,11-12,15H,3-5,10,13H2,1-2H3,(H,24,27)/t15-/m0/s1. The zero-order valence-corrected chi connectivity index (χ0v) is 18.1. The van der Waals surface area contributed by atoms with E-state index < -0.39 is 0 Å². The van der Waals surface area contributed by atoms with E-state index in [2.05, 4.69) is 10.2 Å². The van der Waals surface area contributed by atoms with Gasteiger partial charge < -0.3 is 15.0 Å². The summed E-state index contributed by atoms with van der Waals surface area (Å²) in [6.45, 7) is 6.18. The van der Waals surface area contributed by atoms with Crippen LogP contribution in [0.2, 0.25) is 5.02 Å². The number of hydrogen-bond donors (Lipinski definition) is 1. The minimum atomic E-state index is -0.0758. The van der Waals surface area contributed by atoms with Gasteiger partial charge in [0.1, 0.15) is 5.75 Å². The molecule has 4 rings (SSSR count). The van der Waals surface area contributed by atoms with Crippen molar-refractivity contribution in [2.75, 3.05) is 29.9 Å². The van der Waals surface area contributed by atoms with Crippen LogP contribution in [0, 0.1) is 12.8 Å². The number of thiazole rings is 1. The van der Waals surface area contributed by atoms with Crippen molar-refractivity contribution in [3.8, 4) is 5.75 Å². The van der Waals surface area contributed by atoms with Crippen molar-refractivity contribution in [3.05, 3.63) is 47.0 Å². The van der Waals surface area contributed by atoms with Crippen LogP contribution in [0.1, 0.15) is 25.3 Å². The first-order chi connectivity index (χ1) is 14.0. The molecule has 1 fully saturated rings. The van der Waals surface area contributed by atoms with Crippen LogP contribution >= 0.6 is 22.9 Å². The fourth-order valence-electron chi connectivity index (χ4n) is 3.61. The maximum atomic E-state index is 12.9. The minimum Gasteiger partial charge on any atom is -0.494 e. The Kier molecular flexibility index (Phi) is 5.92. The predicted octanol–water partition coefficient (Wildman–Crippen LogP) is 5.51. The van der Waals surface area contributed by atoms with Crippen molar-refractivity contribution in [1.82, 2.24) is 4.98 Å². The van der Waals surface area contributed by atoms with E-state index in [1.54, 1.807) is 17.4 Å². The highest BCUT2D eigenvalue weighted by Crippen LogP contribution is 2.34. The van der Waals surface area contributed by atoms with Gasteiger partial charge >= 0.3 is 0 Å². The van der Waals surface area contributed by atoms with E-state index in [0.29, 0.717) is 18.2 Å². The number of carbonyl (C=O) groups is 1. The molecule has 0 radical (unpaired) electrons. The molecule has 152 valence electrons. The van der Waals surface area contributed by atoms with Gasteiger partial charge in [0, 0.05) is 23.8 Å². The molecule has 5 nitrogen and oxygen atoms in total. The van der Waals surface area contributed by atoms with Gasteiger partial charge in [-0.1, -0.05) is 29.0 Å². The van der Waals surface area contributed by atoms with Crippen LogP contribution in [0.25, 0.3) is 10.2 Å². The molecule has 2 aromatic carbocycles. The molecule has 1 amide bonds. The van der Waals surface area contributed by atoms with Crippen molar-refractivity contribution in [1.29, 1.82) is 0 Å². The number of anilines is 2. The third kappa shape index (κ3) is 4.49. The lowest BCUT2D eigenvalue weighted by Crippen LogP contribution is -2.40. The Bertz CT molecular complexity index is 1040. The van der Waals surface area contributed by atoms with Crippen molar-refractivity contribution in [2.24, 2.45) is 5.92 Å². The van der Waals surface area contributed by atoms with Crippen LogP contribution in [-0.2, 0) is 4.79 Å². The van der Waals surface area contributed by atoms with E-state index in [0.717, 1.165) is 51.7 Å². The van der Waals surface area contributed by atoms with Crippen molar-refractivity contribution in [2.45, 2.75) is 26.7 Å². The van der Waals surface area contributed by atoms with Gasteiger partial charge in [0.2, 0.25) is 5.91 Å². The highest BCUT2D eigenvalue weighted by atomic mass is 35.5. The lowest BCUT2D eigenvalue weighted by Gasteiger charge is -2.31. The number of amides is 1. The summed E-state index contributed by atoms with van der Waals surface area (Å²) in [6, 6.07) is 11.5. The van der Waals surface area contributed by atoms with Gasteiger partial charge in [-0.25, -0.2) is 4.98 Å². The third-order valence-electron chi connectivity index (χ3n) is 5.18. The zero-order chi connectivity index (χ0) is 20.4. The lowest BCUT2D eigenvalue weighted by atomic mass is 9.97. The van der Waals surface area contributed by atoms with Crippen LogP contribution in [0.15, 0.2) is 36.4 Å². The smallest absolute Gasteiger partial charge is 0.229 e. The number of rotatable bonds is 5. The minimum absolute atomic E-state index is 0.0415. The maximum Gasteiger partial charge on any atom is 0.229 e. The zero-order valence-electron chi connectivity index (χ0n) is 16.6. The SMILES string of the molecule is CCOc1ccc2nc(N3CCC[C@H](C(=O)Nc4cc(Cl)ccc4C)C3)sc2c1. The molecule has 0 bridgehead atoms. The van der Waals surface area contributed by atoms with Crippen molar-refractivity contribution in [3.63, 3.8) is 0 Å². The van der Waals surface area contributed by atoms with Crippen LogP contribution in [0.4, 0.5) is 10.8 Å². The average Bonchev–Trinajstić information content (AvgIpc) is 3.14. The second-order valence-electron chi connectivity index (χ2n) is 7.29. The highest BCUT2D eigenvalue weighted by Gasteiger charge is 2.28. The molecule has 1 N–H and O–H groups in total. The summed E-state index contributed by atoms with van der Waals surface area (Å²) in [5.74, 6) is 0.830. The highest BCUT2D eigenvalue weighted by molar-refractivity contribution is 7.22. The first-order valence-corrected chi connectivity index (χ1v) is 11.1. The Labute approximate surface area is 179 Å². The molecule has 29 heavy (non-hydrogen) atoms. The Balaban J connectivity index is 1.48. The topological polar surface area (TPSA) is 54.5 Å². The number of carbonyl (C=O) groups excluding carboxylic acids is 1. The number of aryl methyl sites for hydroxylation is 1. The Morgan fingerprint density at radius 2 is 2.21 bits per heavy atom. The summed E-state index contributed by atoms with van der Waals surface area (Å²) < 4.78 is 6.70. The van der Waals surface area contributed by atoms with Crippen molar-refractivity contribution >= 4 is 49.9 Å². The van der Waals surface area contributed by atoms with E-state index in [1.807, 2.05) is 44.2 Å². The quantitative estimate of drug-likeness (QED) is 0.580. The number of fused-ring (bicyclic) bond motifs is 1. The number of nitrogens with zero attached hydrogens (tertiary/aromatic N) is 2. The molecule has 1 saturated heterocycles. The maximum absolute atomic E-state index is 12.9. The van der Waals surface area contributed by atoms with Gasteiger partial charge in [0.25, 0.3) is 0 Å². The molecule has 3 aromatic rings. The molecule has 1 aliphatic heterocycles. The van der Waals surface area contributed by atoms with Crippen LogP contribution in [-0.4, -0.2) is 30.6 Å². The van der Waals surface area contributed by atoms with Gasteiger partial charge in [0.15, 0.2) is 5.13 Å². The van der Waals surface area contributed by atoms with Crippen molar-refractivity contribution < 1.29 is 9.53 Å². The molecular formula is C22H24ClN3O2S. The first kappa shape index (κ1) is 20.0. The van der Waals surface area contributed by atoms with E-state index in [9.17, 15) is 4.79 Å². The fraction of sp³-hybridized carbons (Fsp3) is 0.364. The number of ether oxygens (including phenoxy) is 1. The molecule has 0 spiro atoms. The molecule has 7 heteroatoms. The fourth-order valence-corrected chi connectivity index (χ4v) is 4.81. The van der Waals surface area contributed by atoms with E-state index in [1.165, 1.54) is 0 Å². The number of piperidine rings is 1. The van der Waals surface area contributed by atoms with Crippen LogP contribution in [0.5, 0.6) is 5.75 Å². The molecule has 0 saturated carbocycles. The van der Waals surface area contributed by atoms with E-state index in [-0.39, 0.29) is 11.8 Å². The second-order valence-corrected chi connectivity index (χ2v) is 8.74. The molecule has 1 aromatic heterocycles. The molecular weight excluding hydrogens is 406 g/mol. The number of aromatic nitrogens is 1. The van der Waals surface area contributed by atoms with Gasteiger partial charge in [-0.15, -0.1) is 0 Å². The van der Waals surface area contributed by atoms with Gasteiger partial charge in [0.05, 0.1) is 22.7 Å². The summed E-state index contributed by atoms with van der Waals surface area (Å²) in [5, 5.41) is 4.64. The Morgan fingerprint density at radius 3 is 3.03 bits per heavy atom. The molecule has 0 aliphatic carbocycles. The number of benzene rings is 2. The lowest BCUT2D eigenvalue weighted by molar-refractivity contribution is -0.120. The van der Waals surface area contributed by atoms with E-state index in [4.69, 9.17) is 21.3 Å². The summed E-state index contributed by atoms with van der Waals surface area (Å²) in [7, 11) is 0. The van der Waals surface area contributed by atoms with Crippen LogP contribution in [0.3, 0.4) is 0 Å².